The molecule has 0 saturated carbocycles. The van der Waals surface area contributed by atoms with E-state index < -0.39 is 0 Å². The first-order valence-corrected chi connectivity index (χ1v) is 8.30. The lowest BCUT2D eigenvalue weighted by atomic mass is 10.2. The Balaban J connectivity index is 1.48. The molecular weight excluding hydrogens is 376 g/mol. The monoisotopic (exact) mass is 390 g/mol. The van der Waals surface area contributed by atoms with Gasteiger partial charge in [0.25, 0.3) is 5.91 Å². The summed E-state index contributed by atoms with van der Waals surface area (Å²) in [6.07, 6.45) is 2.06. The summed E-state index contributed by atoms with van der Waals surface area (Å²) < 4.78 is 9.49. The number of carbonyl (C=O) groups excluding carboxylic acids is 1. The molecule has 1 amide bonds. The van der Waals surface area contributed by atoms with E-state index in [0.717, 1.165) is 22.0 Å². The Morgan fingerprint density at radius 2 is 2.33 bits per heavy atom. The standard InChI is InChI=1S/C15H15BrN6O2/c1-21-13-3-2-9(16)4-12(13)14(19-21)15(23)17-5-10-6-22(20-18-10)7-11-8-24-11/h2-4,6,11H,5,7-8H2,1H3,(H,17,23)/t11-/m1/s1. The second-order valence-electron chi connectivity index (χ2n) is 5.70. The van der Waals surface area contributed by atoms with Crippen LogP contribution in [-0.2, 0) is 24.9 Å². The van der Waals surface area contributed by atoms with Crippen LogP contribution in [0.5, 0.6) is 0 Å². The van der Waals surface area contributed by atoms with Crippen LogP contribution in [0.4, 0.5) is 0 Å². The van der Waals surface area contributed by atoms with Gasteiger partial charge in [-0.15, -0.1) is 5.10 Å². The summed E-state index contributed by atoms with van der Waals surface area (Å²) in [6, 6.07) is 5.74. The maximum atomic E-state index is 12.5. The third-order valence-corrected chi connectivity index (χ3v) is 4.33. The molecule has 24 heavy (non-hydrogen) atoms. The van der Waals surface area contributed by atoms with Crippen molar-refractivity contribution < 1.29 is 9.53 Å². The first-order valence-electron chi connectivity index (χ1n) is 7.51. The second kappa shape index (κ2) is 5.99. The van der Waals surface area contributed by atoms with Crippen molar-refractivity contribution in [3.63, 3.8) is 0 Å². The Morgan fingerprint density at radius 3 is 3.12 bits per heavy atom. The van der Waals surface area contributed by atoms with Gasteiger partial charge in [-0.2, -0.15) is 5.10 Å². The minimum Gasteiger partial charge on any atom is -0.371 e. The van der Waals surface area contributed by atoms with E-state index in [1.54, 1.807) is 9.36 Å². The largest absolute Gasteiger partial charge is 0.371 e. The maximum absolute atomic E-state index is 12.5. The van der Waals surface area contributed by atoms with Crippen LogP contribution in [0.3, 0.4) is 0 Å². The van der Waals surface area contributed by atoms with E-state index in [1.165, 1.54) is 0 Å². The molecule has 0 aliphatic carbocycles. The van der Waals surface area contributed by atoms with E-state index in [1.807, 2.05) is 31.4 Å². The normalized spacial score (nSPS) is 16.5. The summed E-state index contributed by atoms with van der Waals surface area (Å²) in [7, 11) is 1.82. The molecule has 0 bridgehead atoms. The fourth-order valence-electron chi connectivity index (χ4n) is 2.55. The van der Waals surface area contributed by atoms with Gasteiger partial charge in [0.05, 0.1) is 31.4 Å². The van der Waals surface area contributed by atoms with Crippen molar-refractivity contribution in [1.82, 2.24) is 30.1 Å². The Hall–Kier alpha value is -2.26. The summed E-state index contributed by atoms with van der Waals surface area (Å²) in [5.41, 5.74) is 2.00. The van der Waals surface area contributed by atoms with Gasteiger partial charge in [0.2, 0.25) is 0 Å². The smallest absolute Gasteiger partial charge is 0.272 e. The fourth-order valence-corrected chi connectivity index (χ4v) is 2.91. The van der Waals surface area contributed by atoms with Crippen LogP contribution in [0.25, 0.3) is 10.9 Å². The highest BCUT2D eigenvalue weighted by Crippen LogP contribution is 2.22. The summed E-state index contributed by atoms with van der Waals surface area (Å²) >= 11 is 3.43. The third kappa shape index (κ3) is 3.04. The lowest BCUT2D eigenvalue weighted by Gasteiger charge is -2.00. The van der Waals surface area contributed by atoms with Crippen molar-refractivity contribution in [3.05, 3.63) is 40.3 Å². The Bertz CT molecular complexity index is 914. The molecule has 8 nitrogen and oxygen atoms in total. The molecule has 0 spiro atoms. The van der Waals surface area contributed by atoms with Gasteiger partial charge >= 0.3 is 0 Å². The van der Waals surface area contributed by atoms with Crippen molar-refractivity contribution in [3.8, 4) is 0 Å². The third-order valence-electron chi connectivity index (χ3n) is 3.84. The fraction of sp³-hybridized carbons (Fsp3) is 0.333. The molecule has 1 fully saturated rings. The van der Waals surface area contributed by atoms with Gasteiger partial charge < -0.3 is 10.1 Å². The van der Waals surface area contributed by atoms with Gasteiger partial charge in [0.15, 0.2) is 5.69 Å². The van der Waals surface area contributed by atoms with Gasteiger partial charge in [-0.05, 0) is 18.2 Å². The van der Waals surface area contributed by atoms with Crippen LogP contribution < -0.4 is 5.32 Å². The maximum Gasteiger partial charge on any atom is 0.272 e. The van der Waals surface area contributed by atoms with Crippen molar-refractivity contribution >= 4 is 32.7 Å². The van der Waals surface area contributed by atoms with Gasteiger partial charge in [-0.25, -0.2) is 4.68 Å². The number of rotatable bonds is 5. The van der Waals surface area contributed by atoms with Crippen LogP contribution in [-0.4, -0.2) is 43.4 Å². The van der Waals surface area contributed by atoms with E-state index in [-0.39, 0.29) is 12.0 Å². The minimum atomic E-state index is -0.237. The van der Waals surface area contributed by atoms with Crippen molar-refractivity contribution in [1.29, 1.82) is 0 Å². The summed E-state index contributed by atoms with van der Waals surface area (Å²) in [5.74, 6) is -0.237. The van der Waals surface area contributed by atoms with Gasteiger partial charge in [0.1, 0.15) is 11.8 Å². The average Bonchev–Trinajstić information content (AvgIpc) is 3.16. The second-order valence-corrected chi connectivity index (χ2v) is 6.62. The molecule has 1 aromatic carbocycles. The molecule has 3 heterocycles. The highest BCUT2D eigenvalue weighted by molar-refractivity contribution is 9.10. The zero-order valence-corrected chi connectivity index (χ0v) is 14.5. The molecule has 9 heteroatoms. The zero-order valence-electron chi connectivity index (χ0n) is 12.9. The Morgan fingerprint density at radius 1 is 1.50 bits per heavy atom. The number of carbonyl (C=O) groups is 1. The van der Waals surface area contributed by atoms with E-state index >= 15 is 0 Å². The zero-order chi connectivity index (χ0) is 16.7. The van der Waals surface area contributed by atoms with Crippen molar-refractivity contribution in [2.45, 2.75) is 19.2 Å². The molecule has 124 valence electrons. The molecular formula is C15H15BrN6O2. The molecule has 2 aromatic heterocycles. The number of fused-ring (bicyclic) bond motifs is 1. The van der Waals surface area contributed by atoms with E-state index in [2.05, 4.69) is 36.7 Å². The van der Waals surface area contributed by atoms with Crippen molar-refractivity contribution in [2.24, 2.45) is 7.05 Å². The first kappa shape index (κ1) is 15.3. The highest BCUT2D eigenvalue weighted by Gasteiger charge is 2.23. The molecule has 1 aliphatic rings. The number of benzene rings is 1. The summed E-state index contributed by atoms with van der Waals surface area (Å²) in [4.78, 5) is 12.5. The SMILES string of the molecule is Cn1nc(C(=O)NCc2cn(C[C@@H]3CO3)nn2)c2cc(Br)ccc21. The van der Waals surface area contributed by atoms with Gasteiger partial charge in [-0.1, -0.05) is 21.1 Å². The van der Waals surface area contributed by atoms with E-state index in [9.17, 15) is 4.79 Å². The van der Waals surface area contributed by atoms with Crippen LogP contribution in [0.1, 0.15) is 16.2 Å². The molecule has 4 rings (SSSR count). The predicted octanol–water partition coefficient (Wildman–Crippen LogP) is 1.26. The van der Waals surface area contributed by atoms with E-state index in [4.69, 9.17) is 4.74 Å². The lowest BCUT2D eigenvalue weighted by Crippen LogP contribution is -2.23. The topological polar surface area (TPSA) is 90.2 Å². The van der Waals surface area contributed by atoms with Crippen molar-refractivity contribution in [2.75, 3.05) is 6.61 Å². The van der Waals surface area contributed by atoms with Crippen LogP contribution in [0.2, 0.25) is 0 Å². The Kier molecular flexibility index (Phi) is 3.81. The lowest BCUT2D eigenvalue weighted by molar-refractivity contribution is 0.0946. The number of nitrogens with zero attached hydrogens (tertiary/aromatic N) is 5. The van der Waals surface area contributed by atoms with Gasteiger partial charge in [-0.3, -0.25) is 9.48 Å². The molecule has 1 saturated heterocycles. The number of halogens is 1. The number of hydrogen-bond acceptors (Lipinski definition) is 5. The molecule has 0 radical (unpaired) electrons. The number of ether oxygens (including phenoxy) is 1. The van der Waals surface area contributed by atoms with Crippen LogP contribution >= 0.6 is 15.9 Å². The van der Waals surface area contributed by atoms with Crippen LogP contribution in [0.15, 0.2) is 28.9 Å². The number of aryl methyl sites for hydroxylation is 1. The number of epoxide rings is 1. The Labute approximate surface area is 145 Å². The average molecular weight is 391 g/mol. The first-order chi connectivity index (χ1) is 11.6. The minimum absolute atomic E-state index is 0.237. The molecule has 1 N–H and O–H groups in total. The number of aromatic nitrogens is 5. The number of amides is 1. The quantitative estimate of drug-likeness (QED) is 0.662. The van der Waals surface area contributed by atoms with E-state index in [0.29, 0.717) is 24.5 Å². The molecule has 1 aliphatic heterocycles. The summed E-state index contributed by atoms with van der Waals surface area (Å²) in [6.45, 7) is 1.77. The summed E-state index contributed by atoms with van der Waals surface area (Å²) in [5, 5.41) is 16.0. The van der Waals surface area contributed by atoms with Gasteiger partial charge in [0, 0.05) is 16.9 Å². The predicted molar refractivity (Wildman–Crippen MR) is 89.3 cm³/mol. The van der Waals surface area contributed by atoms with Crippen LogP contribution in [0, 0.1) is 0 Å². The number of nitrogens with one attached hydrogen (secondary N) is 1. The highest BCUT2D eigenvalue weighted by atomic mass is 79.9. The molecule has 0 unspecified atom stereocenters. The number of hydrogen-bond donors (Lipinski definition) is 1. The molecule has 1 atom stereocenters. The molecule has 3 aromatic rings.